The van der Waals surface area contributed by atoms with Crippen molar-refractivity contribution in [2.45, 2.75) is 39.9 Å². The molecule has 0 aliphatic carbocycles. The third-order valence-electron chi connectivity index (χ3n) is 5.46. The number of allylic oxidation sites excluding steroid dienone is 2. The molecule has 2 aromatic heterocycles. The minimum absolute atomic E-state index is 0.154. The quantitative estimate of drug-likeness (QED) is 0.620. The number of aryl methyl sites for hydroxylation is 1. The van der Waals surface area contributed by atoms with E-state index in [1.54, 1.807) is 47.0 Å². The molecule has 0 unspecified atom stereocenters. The lowest BCUT2D eigenvalue weighted by Gasteiger charge is -2.29. The number of rotatable bonds is 4. The average molecular weight is 410 g/mol. The van der Waals surface area contributed by atoms with Crippen LogP contribution >= 0.6 is 0 Å². The van der Waals surface area contributed by atoms with Crippen LogP contribution in [0.3, 0.4) is 0 Å². The zero-order valence-electron chi connectivity index (χ0n) is 17.3. The number of benzene rings is 1. The number of nitrogens with zero attached hydrogens (tertiary/aromatic N) is 6. The highest BCUT2D eigenvalue weighted by Gasteiger charge is 2.30. The van der Waals surface area contributed by atoms with Crippen molar-refractivity contribution in [3.05, 3.63) is 68.6 Å². The van der Waals surface area contributed by atoms with Gasteiger partial charge in [-0.1, -0.05) is 30.4 Å². The smallest absolute Gasteiger partial charge is 0.294 e. The lowest BCUT2D eigenvalue weighted by atomic mass is 10.2. The molecular formula is C21H23FN6O2. The number of hydrogen-bond donors (Lipinski definition) is 0. The fraction of sp³-hybridized carbons (Fsp3) is 0.333. The Morgan fingerprint density at radius 3 is 2.67 bits per heavy atom. The second kappa shape index (κ2) is 7.40. The first kappa shape index (κ1) is 19.8. The Labute approximate surface area is 172 Å². The summed E-state index contributed by atoms with van der Waals surface area (Å²) in [4.78, 5) is 30.6. The summed E-state index contributed by atoms with van der Waals surface area (Å²) >= 11 is 0. The van der Waals surface area contributed by atoms with E-state index in [1.807, 2.05) is 20.8 Å². The van der Waals surface area contributed by atoms with Crippen molar-refractivity contribution in [2.75, 3.05) is 5.01 Å². The molecule has 0 bridgehead atoms. The molecule has 3 aromatic rings. The zero-order valence-corrected chi connectivity index (χ0v) is 17.3. The number of halogens is 1. The van der Waals surface area contributed by atoms with Crippen LogP contribution in [0, 0.1) is 5.82 Å². The van der Waals surface area contributed by atoms with Gasteiger partial charge in [0.05, 0.1) is 18.3 Å². The largest absolute Gasteiger partial charge is 0.332 e. The minimum Gasteiger partial charge on any atom is -0.294 e. The van der Waals surface area contributed by atoms with Crippen molar-refractivity contribution in [1.29, 1.82) is 0 Å². The summed E-state index contributed by atoms with van der Waals surface area (Å²) in [5, 5.41) is 6.16. The summed E-state index contributed by atoms with van der Waals surface area (Å²) in [7, 11) is 1.59. The molecule has 156 valence electrons. The molecule has 3 heterocycles. The fourth-order valence-electron chi connectivity index (χ4n) is 3.65. The summed E-state index contributed by atoms with van der Waals surface area (Å²) in [6, 6.07) is 6.23. The van der Waals surface area contributed by atoms with Crippen LogP contribution in [-0.2, 0) is 20.1 Å². The van der Waals surface area contributed by atoms with Gasteiger partial charge < -0.3 is 0 Å². The summed E-state index contributed by atoms with van der Waals surface area (Å²) in [5.41, 5.74) is 0.987. The number of anilines is 1. The number of aromatic nitrogens is 4. The SMILES string of the molecule is C/C=C/Cn1c(=O)c2c(nc3n2[C@@H](C)C(C)=NN3Cc2ccccc2F)n(C)c1=O. The van der Waals surface area contributed by atoms with Crippen molar-refractivity contribution >= 4 is 22.8 Å². The van der Waals surface area contributed by atoms with Gasteiger partial charge in [-0.2, -0.15) is 10.1 Å². The van der Waals surface area contributed by atoms with E-state index in [2.05, 4.69) is 10.1 Å². The average Bonchev–Trinajstić information content (AvgIpc) is 3.13. The summed E-state index contributed by atoms with van der Waals surface area (Å²) in [6.07, 6.45) is 3.54. The first-order valence-corrected chi connectivity index (χ1v) is 9.74. The molecule has 0 amide bonds. The predicted molar refractivity (Wildman–Crippen MR) is 114 cm³/mol. The molecular weight excluding hydrogens is 387 g/mol. The lowest BCUT2D eigenvalue weighted by Crippen LogP contribution is -2.40. The van der Waals surface area contributed by atoms with Gasteiger partial charge in [-0.15, -0.1) is 0 Å². The summed E-state index contributed by atoms with van der Waals surface area (Å²) in [6.45, 7) is 5.94. The van der Waals surface area contributed by atoms with E-state index in [9.17, 15) is 14.0 Å². The minimum atomic E-state index is -0.438. The Kier molecular flexibility index (Phi) is 4.89. The Morgan fingerprint density at radius 1 is 1.23 bits per heavy atom. The number of imidazole rings is 1. The van der Waals surface area contributed by atoms with Gasteiger partial charge >= 0.3 is 5.69 Å². The molecule has 0 saturated carbocycles. The van der Waals surface area contributed by atoms with Crippen molar-refractivity contribution in [3.8, 4) is 0 Å². The maximum absolute atomic E-state index is 14.2. The van der Waals surface area contributed by atoms with Crippen LogP contribution in [0.4, 0.5) is 10.3 Å². The standard InChI is InChI=1S/C21H23FN6O2/c1-5-6-11-26-19(29)17-18(25(4)21(26)30)23-20-27(24-13(2)14(3)28(17)20)12-15-9-7-8-10-16(15)22/h5-10,14H,11-12H2,1-4H3/b6-5+/t14-/m0/s1. The second-order valence-electron chi connectivity index (χ2n) is 7.35. The van der Waals surface area contributed by atoms with Crippen LogP contribution < -0.4 is 16.3 Å². The van der Waals surface area contributed by atoms with Crippen LogP contribution in [0.2, 0.25) is 0 Å². The van der Waals surface area contributed by atoms with Gasteiger partial charge in [-0.05, 0) is 26.8 Å². The molecule has 1 aromatic carbocycles. The molecule has 9 heteroatoms. The van der Waals surface area contributed by atoms with Gasteiger partial charge in [0.25, 0.3) is 5.56 Å². The summed E-state index contributed by atoms with van der Waals surface area (Å²) in [5.74, 6) is 0.0648. The van der Waals surface area contributed by atoms with E-state index in [0.717, 1.165) is 5.71 Å². The van der Waals surface area contributed by atoms with Gasteiger partial charge in [0, 0.05) is 19.2 Å². The van der Waals surface area contributed by atoms with Gasteiger partial charge in [-0.3, -0.25) is 18.5 Å². The normalized spacial score (nSPS) is 16.4. The topological polar surface area (TPSA) is 77.4 Å². The Hall–Kier alpha value is -3.49. The van der Waals surface area contributed by atoms with Crippen LogP contribution in [0.1, 0.15) is 32.4 Å². The van der Waals surface area contributed by atoms with Gasteiger partial charge in [0.1, 0.15) is 5.82 Å². The molecule has 0 saturated heterocycles. The van der Waals surface area contributed by atoms with Gasteiger partial charge in [0.2, 0.25) is 5.95 Å². The van der Waals surface area contributed by atoms with E-state index in [1.165, 1.54) is 15.2 Å². The highest BCUT2D eigenvalue weighted by atomic mass is 19.1. The van der Waals surface area contributed by atoms with Crippen molar-refractivity contribution in [2.24, 2.45) is 12.1 Å². The molecule has 0 N–H and O–H groups in total. The molecule has 8 nitrogen and oxygen atoms in total. The third-order valence-corrected chi connectivity index (χ3v) is 5.46. The van der Waals surface area contributed by atoms with Crippen LogP contribution in [-0.4, -0.2) is 24.4 Å². The molecule has 30 heavy (non-hydrogen) atoms. The van der Waals surface area contributed by atoms with Crippen LogP contribution in [0.5, 0.6) is 0 Å². The molecule has 1 aliphatic rings. The third kappa shape index (κ3) is 2.97. The second-order valence-corrected chi connectivity index (χ2v) is 7.35. The maximum Gasteiger partial charge on any atom is 0.332 e. The van der Waals surface area contributed by atoms with E-state index >= 15 is 0 Å². The molecule has 1 atom stereocenters. The Morgan fingerprint density at radius 2 is 1.97 bits per heavy atom. The molecule has 0 spiro atoms. The van der Waals surface area contributed by atoms with Crippen molar-refractivity contribution < 1.29 is 4.39 Å². The number of fused-ring (bicyclic) bond motifs is 3. The number of hydrazone groups is 1. The summed E-state index contributed by atoms with van der Waals surface area (Å²) < 4.78 is 18.6. The molecule has 0 fully saturated rings. The monoisotopic (exact) mass is 410 g/mol. The molecule has 0 radical (unpaired) electrons. The van der Waals surface area contributed by atoms with Crippen LogP contribution in [0.25, 0.3) is 11.2 Å². The van der Waals surface area contributed by atoms with E-state index in [4.69, 9.17) is 0 Å². The zero-order chi connectivity index (χ0) is 21.6. The molecule has 1 aliphatic heterocycles. The van der Waals surface area contributed by atoms with Crippen molar-refractivity contribution in [3.63, 3.8) is 0 Å². The maximum atomic E-state index is 14.2. The number of hydrogen-bond acceptors (Lipinski definition) is 5. The fourth-order valence-corrected chi connectivity index (χ4v) is 3.65. The van der Waals surface area contributed by atoms with Crippen molar-refractivity contribution in [1.82, 2.24) is 18.7 Å². The molecule has 4 rings (SSSR count). The van der Waals surface area contributed by atoms with Gasteiger partial charge in [0.15, 0.2) is 11.2 Å². The first-order valence-electron chi connectivity index (χ1n) is 9.74. The van der Waals surface area contributed by atoms with E-state index in [0.29, 0.717) is 17.0 Å². The predicted octanol–water partition coefficient (Wildman–Crippen LogP) is 2.57. The lowest BCUT2D eigenvalue weighted by molar-refractivity contribution is 0.591. The van der Waals surface area contributed by atoms with E-state index in [-0.39, 0.29) is 30.6 Å². The van der Waals surface area contributed by atoms with E-state index < -0.39 is 11.2 Å². The van der Waals surface area contributed by atoms with Crippen LogP contribution in [0.15, 0.2) is 51.1 Å². The highest BCUT2D eigenvalue weighted by Crippen LogP contribution is 2.31. The first-order chi connectivity index (χ1) is 14.3. The van der Waals surface area contributed by atoms with Gasteiger partial charge in [-0.25, -0.2) is 14.2 Å². The Balaban J connectivity index is 1.96. The Bertz CT molecular complexity index is 1310. The highest BCUT2D eigenvalue weighted by molar-refractivity contribution is 5.91.